The van der Waals surface area contributed by atoms with Gasteiger partial charge in [-0.2, -0.15) is 9.61 Å². The molecule has 0 atom stereocenters. The molecule has 176 valence electrons. The van der Waals surface area contributed by atoms with Crippen LogP contribution in [-0.2, 0) is 18.3 Å². The van der Waals surface area contributed by atoms with Crippen molar-refractivity contribution in [3.63, 3.8) is 0 Å². The molecule has 34 heavy (non-hydrogen) atoms. The molecule has 0 aliphatic rings. The lowest BCUT2D eigenvalue weighted by atomic mass is 10.0. The fraction of sp³-hybridized carbons (Fsp3) is 0.296. The average molecular weight is 459 g/mol. The zero-order chi connectivity index (χ0) is 24.4. The Morgan fingerprint density at radius 2 is 1.76 bits per heavy atom. The van der Waals surface area contributed by atoms with E-state index in [4.69, 9.17) is 4.74 Å². The predicted molar refractivity (Wildman–Crippen MR) is 135 cm³/mol. The highest BCUT2D eigenvalue weighted by atomic mass is 16.5. The molecule has 2 aromatic heterocycles. The van der Waals surface area contributed by atoms with Crippen molar-refractivity contribution in [1.82, 2.24) is 14.2 Å². The fourth-order valence-corrected chi connectivity index (χ4v) is 4.02. The third-order valence-electron chi connectivity index (χ3n) is 6.27. The number of anilines is 1. The maximum absolute atomic E-state index is 13.3. The van der Waals surface area contributed by atoms with Crippen LogP contribution in [0.1, 0.15) is 43.0 Å². The standard InChI is InChI=1S/C27H30N4O3/c1-17(2)19-6-10-21(11-7-19)28-25(32)15-14-23-18(3)30(4)26-16-24(29-31(26)27(23)33)20-8-12-22(34-5)13-9-20/h6-13,16-17H,14-15H2,1-5H3,(H,28,32). The minimum absolute atomic E-state index is 0.127. The molecule has 0 aliphatic carbocycles. The van der Waals surface area contributed by atoms with Gasteiger partial charge in [-0.05, 0) is 61.2 Å². The van der Waals surface area contributed by atoms with Gasteiger partial charge in [0.15, 0.2) is 0 Å². The molecule has 0 spiro atoms. The molecular formula is C27H30N4O3. The number of carbonyl (C=O) groups excluding carboxylic acids is 1. The molecule has 4 rings (SSSR count). The largest absolute Gasteiger partial charge is 0.497 e. The van der Waals surface area contributed by atoms with Crippen LogP contribution in [0.25, 0.3) is 16.9 Å². The molecule has 0 fully saturated rings. The lowest BCUT2D eigenvalue weighted by Crippen LogP contribution is -2.26. The summed E-state index contributed by atoms with van der Waals surface area (Å²) in [5.41, 5.74) is 5.49. The molecule has 2 aromatic carbocycles. The second-order valence-electron chi connectivity index (χ2n) is 8.78. The Balaban J connectivity index is 1.55. The summed E-state index contributed by atoms with van der Waals surface area (Å²) < 4.78 is 8.58. The first-order valence-corrected chi connectivity index (χ1v) is 11.4. The number of amides is 1. The number of rotatable bonds is 7. The van der Waals surface area contributed by atoms with E-state index in [2.05, 4.69) is 24.3 Å². The topological polar surface area (TPSA) is 77.6 Å². The number of ether oxygens (including phenoxy) is 1. The van der Waals surface area contributed by atoms with E-state index in [1.165, 1.54) is 10.1 Å². The van der Waals surface area contributed by atoms with Crippen molar-refractivity contribution in [2.45, 2.75) is 39.5 Å². The second kappa shape index (κ2) is 9.55. The van der Waals surface area contributed by atoms with E-state index in [9.17, 15) is 9.59 Å². The Morgan fingerprint density at radius 3 is 2.38 bits per heavy atom. The van der Waals surface area contributed by atoms with Gasteiger partial charge in [-0.3, -0.25) is 9.59 Å². The van der Waals surface area contributed by atoms with Gasteiger partial charge in [0.25, 0.3) is 5.56 Å². The molecule has 7 nitrogen and oxygen atoms in total. The summed E-state index contributed by atoms with van der Waals surface area (Å²) in [6.45, 7) is 6.17. The van der Waals surface area contributed by atoms with Crippen LogP contribution in [0.15, 0.2) is 59.4 Å². The first-order chi connectivity index (χ1) is 16.3. The third kappa shape index (κ3) is 4.59. The van der Waals surface area contributed by atoms with E-state index in [1.54, 1.807) is 7.11 Å². The molecule has 0 aliphatic heterocycles. The molecule has 0 saturated carbocycles. The lowest BCUT2D eigenvalue weighted by molar-refractivity contribution is -0.116. The van der Waals surface area contributed by atoms with Gasteiger partial charge in [0, 0.05) is 42.0 Å². The molecule has 0 unspecified atom stereocenters. The number of methoxy groups -OCH3 is 1. The van der Waals surface area contributed by atoms with Crippen molar-refractivity contribution >= 4 is 17.2 Å². The molecule has 0 radical (unpaired) electrons. The minimum atomic E-state index is -0.195. The molecule has 0 bridgehead atoms. The van der Waals surface area contributed by atoms with E-state index in [0.29, 0.717) is 29.2 Å². The SMILES string of the molecule is COc1ccc(-c2cc3n(C)c(C)c(CCC(=O)Nc4ccc(C(C)C)cc4)c(=O)n3n2)cc1. The number of benzene rings is 2. The monoisotopic (exact) mass is 458 g/mol. The van der Waals surface area contributed by atoms with Crippen molar-refractivity contribution in [3.05, 3.63) is 81.8 Å². The summed E-state index contributed by atoms with van der Waals surface area (Å²) >= 11 is 0. The number of aryl methyl sites for hydroxylation is 1. The zero-order valence-corrected chi connectivity index (χ0v) is 20.3. The average Bonchev–Trinajstić information content (AvgIpc) is 3.29. The minimum Gasteiger partial charge on any atom is -0.497 e. The molecule has 0 saturated heterocycles. The summed E-state index contributed by atoms with van der Waals surface area (Å²) in [4.78, 5) is 25.8. The Bertz CT molecular complexity index is 1380. The third-order valence-corrected chi connectivity index (χ3v) is 6.27. The summed E-state index contributed by atoms with van der Waals surface area (Å²) in [6.07, 6.45) is 0.544. The van der Waals surface area contributed by atoms with Gasteiger partial charge < -0.3 is 14.6 Å². The maximum atomic E-state index is 13.3. The van der Waals surface area contributed by atoms with Gasteiger partial charge in [-0.15, -0.1) is 0 Å². The van der Waals surface area contributed by atoms with E-state index < -0.39 is 0 Å². The summed E-state index contributed by atoms with van der Waals surface area (Å²) in [5, 5.41) is 7.48. The number of hydrogen-bond donors (Lipinski definition) is 1. The molecular weight excluding hydrogens is 428 g/mol. The molecule has 1 N–H and O–H groups in total. The highest BCUT2D eigenvalue weighted by Gasteiger charge is 2.17. The van der Waals surface area contributed by atoms with Crippen LogP contribution >= 0.6 is 0 Å². The number of aromatic nitrogens is 3. The molecule has 7 heteroatoms. The van der Waals surface area contributed by atoms with Crippen molar-refractivity contribution in [3.8, 4) is 17.0 Å². The Labute approximate surface area is 199 Å². The van der Waals surface area contributed by atoms with Gasteiger partial charge in [0.1, 0.15) is 11.4 Å². The zero-order valence-electron chi connectivity index (χ0n) is 20.3. The molecule has 2 heterocycles. The van der Waals surface area contributed by atoms with Crippen molar-refractivity contribution in [2.24, 2.45) is 7.05 Å². The first-order valence-electron chi connectivity index (χ1n) is 11.4. The predicted octanol–water partition coefficient (Wildman–Crippen LogP) is 4.71. The number of nitrogens with one attached hydrogen (secondary N) is 1. The van der Waals surface area contributed by atoms with Gasteiger partial charge >= 0.3 is 0 Å². The Morgan fingerprint density at radius 1 is 1.09 bits per heavy atom. The van der Waals surface area contributed by atoms with E-state index in [1.807, 2.05) is 73.1 Å². The Kier molecular flexibility index (Phi) is 6.54. The van der Waals surface area contributed by atoms with Crippen molar-refractivity contribution < 1.29 is 9.53 Å². The normalized spacial score (nSPS) is 11.2. The van der Waals surface area contributed by atoms with Crippen LogP contribution in [0.3, 0.4) is 0 Å². The van der Waals surface area contributed by atoms with Crippen LogP contribution in [0, 0.1) is 6.92 Å². The van der Waals surface area contributed by atoms with Crippen molar-refractivity contribution in [1.29, 1.82) is 0 Å². The van der Waals surface area contributed by atoms with E-state index in [-0.39, 0.29) is 17.9 Å². The lowest BCUT2D eigenvalue weighted by Gasteiger charge is -2.12. The maximum Gasteiger partial charge on any atom is 0.277 e. The van der Waals surface area contributed by atoms with Crippen molar-refractivity contribution in [2.75, 3.05) is 12.4 Å². The highest BCUT2D eigenvalue weighted by molar-refractivity contribution is 5.90. The number of nitrogens with zero attached hydrogens (tertiary/aromatic N) is 3. The molecule has 4 aromatic rings. The summed E-state index contributed by atoms with van der Waals surface area (Å²) in [5.74, 6) is 1.07. The van der Waals surface area contributed by atoms with Gasteiger partial charge in [0.2, 0.25) is 5.91 Å². The number of hydrogen-bond acceptors (Lipinski definition) is 4. The second-order valence-corrected chi connectivity index (χ2v) is 8.78. The van der Waals surface area contributed by atoms with Crippen LogP contribution in [-0.4, -0.2) is 27.2 Å². The van der Waals surface area contributed by atoms with Crippen LogP contribution in [0.2, 0.25) is 0 Å². The van der Waals surface area contributed by atoms with Gasteiger partial charge in [-0.1, -0.05) is 26.0 Å². The Hall–Kier alpha value is -3.87. The van der Waals surface area contributed by atoms with Gasteiger partial charge in [-0.25, -0.2) is 0 Å². The first kappa shape index (κ1) is 23.3. The summed E-state index contributed by atoms with van der Waals surface area (Å²) in [7, 11) is 3.53. The van der Waals surface area contributed by atoms with Crippen LogP contribution < -0.4 is 15.6 Å². The quantitative estimate of drug-likeness (QED) is 0.435. The van der Waals surface area contributed by atoms with Crippen LogP contribution in [0.4, 0.5) is 5.69 Å². The van der Waals surface area contributed by atoms with Crippen LogP contribution in [0.5, 0.6) is 5.75 Å². The smallest absolute Gasteiger partial charge is 0.277 e. The molecule has 1 amide bonds. The van der Waals surface area contributed by atoms with E-state index in [0.717, 1.165) is 22.7 Å². The van der Waals surface area contributed by atoms with Gasteiger partial charge in [0.05, 0.1) is 12.8 Å². The van der Waals surface area contributed by atoms with E-state index >= 15 is 0 Å². The highest BCUT2D eigenvalue weighted by Crippen LogP contribution is 2.23. The number of carbonyl (C=O) groups is 1. The summed E-state index contributed by atoms with van der Waals surface area (Å²) in [6, 6.07) is 17.3. The number of fused-ring (bicyclic) bond motifs is 1. The fourth-order valence-electron chi connectivity index (χ4n) is 4.02.